The van der Waals surface area contributed by atoms with Gasteiger partial charge in [0.05, 0.1) is 5.56 Å². The van der Waals surface area contributed by atoms with Crippen molar-refractivity contribution in [3.05, 3.63) is 57.4 Å². The van der Waals surface area contributed by atoms with E-state index in [1.54, 1.807) is 24.3 Å². The van der Waals surface area contributed by atoms with Gasteiger partial charge in [-0.05, 0) is 65.1 Å². The van der Waals surface area contributed by atoms with Crippen LogP contribution in [0.3, 0.4) is 0 Å². The van der Waals surface area contributed by atoms with Crippen molar-refractivity contribution in [3.8, 4) is 0 Å². The summed E-state index contributed by atoms with van der Waals surface area (Å²) in [5, 5.41) is 5.10. The van der Waals surface area contributed by atoms with Gasteiger partial charge in [0.15, 0.2) is 0 Å². The summed E-state index contributed by atoms with van der Waals surface area (Å²) in [5.41, 5.74) is 6.46. The molecule has 7 heteroatoms. The first kappa shape index (κ1) is 15.2. The molecule has 5 nitrogen and oxygen atoms in total. The average Bonchev–Trinajstić information content (AvgIpc) is 2.40. The van der Waals surface area contributed by atoms with Gasteiger partial charge >= 0.3 is 6.03 Å². The molecule has 2 rings (SSSR count). The first-order valence-electron chi connectivity index (χ1n) is 5.88. The van der Waals surface area contributed by atoms with Crippen molar-refractivity contribution < 1.29 is 14.0 Å². The molecule has 0 radical (unpaired) electrons. The number of hydrogen-bond acceptors (Lipinski definition) is 2. The Morgan fingerprint density at radius 2 is 1.57 bits per heavy atom. The maximum Gasteiger partial charge on any atom is 0.316 e. The van der Waals surface area contributed by atoms with Crippen LogP contribution in [0.1, 0.15) is 10.4 Å². The van der Waals surface area contributed by atoms with Crippen LogP contribution in [0.5, 0.6) is 0 Å². The zero-order chi connectivity index (χ0) is 15.4. The molecule has 108 valence electrons. The summed E-state index contributed by atoms with van der Waals surface area (Å²) < 4.78 is 13.5. The Kier molecular flexibility index (Phi) is 4.73. The Bertz CT molecular complexity index is 689. The Hall–Kier alpha value is -2.16. The van der Waals surface area contributed by atoms with Gasteiger partial charge in [-0.2, -0.15) is 0 Å². The Morgan fingerprint density at radius 3 is 2.10 bits per heavy atom. The summed E-state index contributed by atoms with van der Waals surface area (Å²) in [7, 11) is 0. The first-order chi connectivity index (χ1) is 9.95. The largest absolute Gasteiger partial charge is 0.351 e. The van der Waals surface area contributed by atoms with Gasteiger partial charge in [0.2, 0.25) is 0 Å². The van der Waals surface area contributed by atoms with Crippen molar-refractivity contribution in [1.82, 2.24) is 0 Å². The van der Waals surface area contributed by atoms with Crippen LogP contribution in [0.15, 0.2) is 42.5 Å². The van der Waals surface area contributed by atoms with E-state index in [1.165, 1.54) is 18.2 Å². The minimum atomic E-state index is -0.660. The second-order valence-corrected chi connectivity index (χ2v) is 5.31. The number of halogens is 2. The minimum Gasteiger partial charge on any atom is -0.351 e. The van der Waals surface area contributed by atoms with Crippen LogP contribution in [0.25, 0.3) is 0 Å². The molecule has 4 N–H and O–H groups in total. The SMILES string of the molecule is NC(=O)Nc1ccc(NC(=O)c2ccc(F)cc2I)cc1. The number of benzene rings is 2. The average molecular weight is 399 g/mol. The zero-order valence-electron chi connectivity index (χ0n) is 10.7. The Labute approximate surface area is 133 Å². The van der Waals surface area contributed by atoms with Crippen molar-refractivity contribution in [2.45, 2.75) is 0 Å². The molecule has 0 aliphatic rings. The first-order valence-corrected chi connectivity index (χ1v) is 6.96. The van der Waals surface area contributed by atoms with Crippen LogP contribution in [0, 0.1) is 9.39 Å². The zero-order valence-corrected chi connectivity index (χ0v) is 12.8. The number of carbonyl (C=O) groups is 2. The van der Waals surface area contributed by atoms with E-state index in [-0.39, 0.29) is 5.91 Å². The molecule has 0 fully saturated rings. The van der Waals surface area contributed by atoms with Gasteiger partial charge in [0.1, 0.15) is 5.82 Å². The molecule has 0 aliphatic heterocycles. The highest BCUT2D eigenvalue weighted by atomic mass is 127. The molecule has 0 aliphatic carbocycles. The Balaban J connectivity index is 2.10. The van der Waals surface area contributed by atoms with E-state index in [9.17, 15) is 14.0 Å². The van der Waals surface area contributed by atoms with Gasteiger partial charge in [0.25, 0.3) is 5.91 Å². The summed E-state index contributed by atoms with van der Waals surface area (Å²) in [5.74, 6) is -0.729. The van der Waals surface area contributed by atoms with Gasteiger partial charge in [-0.25, -0.2) is 9.18 Å². The Morgan fingerprint density at radius 1 is 1.00 bits per heavy atom. The number of nitrogens with two attached hydrogens (primary N) is 1. The van der Waals surface area contributed by atoms with E-state index < -0.39 is 11.8 Å². The van der Waals surface area contributed by atoms with Gasteiger partial charge in [-0.15, -0.1) is 0 Å². The normalized spacial score (nSPS) is 10.0. The number of carbonyl (C=O) groups excluding carboxylic acids is 2. The molecule has 0 heterocycles. The molecule has 0 spiro atoms. The second kappa shape index (κ2) is 6.53. The van der Waals surface area contributed by atoms with E-state index in [0.29, 0.717) is 20.5 Å². The number of primary amides is 1. The molecule has 2 aromatic carbocycles. The number of anilines is 2. The predicted molar refractivity (Wildman–Crippen MR) is 86.7 cm³/mol. The van der Waals surface area contributed by atoms with E-state index in [0.717, 1.165) is 0 Å². The lowest BCUT2D eigenvalue weighted by molar-refractivity contribution is 0.102. The maximum atomic E-state index is 13.0. The van der Waals surface area contributed by atoms with Crippen LogP contribution < -0.4 is 16.4 Å². The van der Waals surface area contributed by atoms with Crippen molar-refractivity contribution >= 4 is 45.9 Å². The van der Waals surface area contributed by atoms with Crippen LogP contribution in [-0.2, 0) is 0 Å². The summed E-state index contributed by atoms with van der Waals surface area (Å²) in [6.45, 7) is 0. The molecular formula is C14H11FIN3O2. The third kappa shape index (κ3) is 4.15. The van der Waals surface area contributed by atoms with E-state index in [2.05, 4.69) is 10.6 Å². The molecule has 0 unspecified atom stereocenters. The molecule has 0 saturated heterocycles. The number of hydrogen-bond donors (Lipinski definition) is 3. The molecule has 2 aromatic rings. The number of nitrogens with one attached hydrogen (secondary N) is 2. The van der Waals surface area contributed by atoms with Crippen molar-refractivity contribution in [3.63, 3.8) is 0 Å². The minimum absolute atomic E-state index is 0.338. The smallest absolute Gasteiger partial charge is 0.316 e. The quantitative estimate of drug-likeness (QED) is 0.693. The standard InChI is InChI=1S/C14H11FIN3O2/c15-8-1-6-11(12(16)7-8)13(20)18-9-2-4-10(5-3-9)19-14(17)21/h1-7H,(H,18,20)(H3,17,19,21). The lowest BCUT2D eigenvalue weighted by Crippen LogP contribution is -2.19. The van der Waals surface area contributed by atoms with Crippen molar-refractivity contribution in [1.29, 1.82) is 0 Å². The molecule has 3 amide bonds. The number of amides is 3. The predicted octanol–water partition coefficient (Wildman–Crippen LogP) is 3.17. The third-order valence-corrected chi connectivity index (χ3v) is 3.48. The molecule has 0 saturated carbocycles. The summed E-state index contributed by atoms with van der Waals surface area (Å²) in [4.78, 5) is 22.8. The lowest BCUT2D eigenvalue weighted by Gasteiger charge is -2.08. The number of rotatable bonds is 3. The third-order valence-electron chi connectivity index (χ3n) is 2.59. The van der Waals surface area contributed by atoms with E-state index in [4.69, 9.17) is 5.73 Å². The fourth-order valence-corrected chi connectivity index (χ4v) is 2.37. The van der Waals surface area contributed by atoms with Crippen molar-refractivity contribution in [2.24, 2.45) is 5.73 Å². The van der Waals surface area contributed by atoms with Crippen LogP contribution >= 0.6 is 22.6 Å². The summed E-state index contributed by atoms with van der Waals surface area (Å²) in [6.07, 6.45) is 0. The number of urea groups is 1. The van der Waals surface area contributed by atoms with Crippen LogP contribution in [-0.4, -0.2) is 11.9 Å². The van der Waals surface area contributed by atoms with Crippen LogP contribution in [0.2, 0.25) is 0 Å². The van der Waals surface area contributed by atoms with E-state index in [1.807, 2.05) is 22.6 Å². The molecule has 0 aromatic heterocycles. The fourth-order valence-electron chi connectivity index (χ4n) is 1.65. The van der Waals surface area contributed by atoms with E-state index >= 15 is 0 Å². The van der Waals surface area contributed by atoms with Gasteiger partial charge < -0.3 is 16.4 Å². The van der Waals surface area contributed by atoms with Gasteiger partial charge in [0, 0.05) is 14.9 Å². The highest BCUT2D eigenvalue weighted by molar-refractivity contribution is 14.1. The van der Waals surface area contributed by atoms with Gasteiger partial charge in [-0.3, -0.25) is 4.79 Å². The highest BCUT2D eigenvalue weighted by Crippen LogP contribution is 2.18. The molecule has 0 bridgehead atoms. The second-order valence-electron chi connectivity index (χ2n) is 4.14. The summed E-state index contributed by atoms with van der Waals surface area (Å²) in [6, 6.07) is 9.75. The highest BCUT2D eigenvalue weighted by Gasteiger charge is 2.11. The summed E-state index contributed by atoms with van der Waals surface area (Å²) >= 11 is 1.90. The molecule has 0 atom stereocenters. The topological polar surface area (TPSA) is 84.2 Å². The maximum absolute atomic E-state index is 13.0. The molecule has 21 heavy (non-hydrogen) atoms. The lowest BCUT2D eigenvalue weighted by atomic mass is 10.2. The molecular weight excluding hydrogens is 388 g/mol. The van der Waals surface area contributed by atoms with Crippen molar-refractivity contribution in [2.75, 3.05) is 10.6 Å². The fraction of sp³-hybridized carbons (Fsp3) is 0. The van der Waals surface area contributed by atoms with Gasteiger partial charge in [-0.1, -0.05) is 0 Å². The van der Waals surface area contributed by atoms with Crippen LogP contribution in [0.4, 0.5) is 20.6 Å². The monoisotopic (exact) mass is 399 g/mol.